The van der Waals surface area contributed by atoms with E-state index < -0.39 is 37.1 Å². The Morgan fingerprint density at radius 3 is 2.33 bits per heavy atom. The van der Waals surface area contributed by atoms with Gasteiger partial charge in [0.25, 0.3) is 0 Å². The third-order valence-corrected chi connectivity index (χ3v) is 5.58. The van der Waals surface area contributed by atoms with Gasteiger partial charge >= 0.3 is 0 Å². The lowest BCUT2D eigenvalue weighted by Crippen LogP contribution is -2.55. The van der Waals surface area contributed by atoms with Crippen molar-refractivity contribution in [2.75, 3.05) is 6.61 Å². The summed E-state index contributed by atoms with van der Waals surface area (Å²) in [6.07, 6.45) is 0.168. The minimum Gasteiger partial charge on any atom is -0.394 e. The van der Waals surface area contributed by atoms with Gasteiger partial charge in [0.2, 0.25) is 0 Å². The van der Waals surface area contributed by atoms with Crippen LogP contribution < -0.4 is 0 Å². The molecule has 5 atom stereocenters. The van der Waals surface area contributed by atoms with Crippen LogP contribution in [0.5, 0.6) is 0 Å². The van der Waals surface area contributed by atoms with Crippen LogP contribution in [0.2, 0.25) is 0 Å². The van der Waals surface area contributed by atoms with Crippen LogP contribution in [0.25, 0.3) is 0 Å². The molecule has 142 valence electrons. The maximum absolute atomic E-state index is 10.3. The standard InChI is InChI=1S/C21H21BrO5/c1-2-12-3-5-13(6-4-12)9-15-10-14(7-8-16(15)22)21-20(26)19(25)18(24)17(11-23)27-21/h1,3-8,10,17-21,23-26H,9,11H2/t17-,18-,19+,20-,21+/m1/s1. The van der Waals surface area contributed by atoms with Crippen LogP contribution in [0, 0.1) is 12.3 Å². The minimum atomic E-state index is -1.40. The van der Waals surface area contributed by atoms with Gasteiger partial charge in [-0.3, -0.25) is 0 Å². The molecular formula is C21H21BrO5. The molecule has 1 heterocycles. The fraction of sp³-hybridized carbons (Fsp3) is 0.333. The maximum atomic E-state index is 10.3. The first-order valence-corrected chi connectivity index (χ1v) is 9.38. The summed E-state index contributed by atoms with van der Waals surface area (Å²) < 4.78 is 6.54. The van der Waals surface area contributed by atoms with Crippen LogP contribution in [-0.4, -0.2) is 51.4 Å². The maximum Gasteiger partial charge on any atom is 0.113 e. The van der Waals surface area contributed by atoms with Gasteiger partial charge in [0.1, 0.15) is 30.5 Å². The Morgan fingerprint density at radius 1 is 1.00 bits per heavy atom. The number of halogens is 1. The van der Waals surface area contributed by atoms with Crippen LogP contribution in [0.4, 0.5) is 0 Å². The van der Waals surface area contributed by atoms with Gasteiger partial charge in [-0.15, -0.1) is 6.42 Å². The van der Waals surface area contributed by atoms with Crippen LogP contribution in [0.3, 0.4) is 0 Å². The molecule has 4 N–H and O–H groups in total. The quantitative estimate of drug-likeness (QED) is 0.550. The van der Waals surface area contributed by atoms with Crippen LogP contribution in [0.1, 0.15) is 28.4 Å². The first kappa shape index (κ1) is 20.0. The van der Waals surface area contributed by atoms with Gasteiger partial charge < -0.3 is 25.2 Å². The van der Waals surface area contributed by atoms with E-state index in [4.69, 9.17) is 11.2 Å². The number of aliphatic hydroxyl groups is 4. The zero-order valence-corrected chi connectivity index (χ0v) is 16.1. The predicted molar refractivity (Wildman–Crippen MR) is 104 cm³/mol. The molecule has 0 aliphatic carbocycles. The molecule has 0 saturated carbocycles. The number of terminal acetylenes is 1. The van der Waals surface area contributed by atoms with Crippen molar-refractivity contribution in [2.45, 2.75) is 36.9 Å². The van der Waals surface area contributed by atoms with E-state index in [-0.39, 0.29) is 0 Å². The van der Waals surface area contributed by atoms with Gasteiger partial charge in [-0.25, -0.2) is 0 Å². The molecule has 0 aromatic heterocycles. The van der Waals surface area contributed by atoms with Crippen molar-refractivity contribution in [3.8, 4) is 12.3 Å². The molecule has 6 heteroatoms. The molecule has 0 unspecified atom stereocenters. The summed E-state index contributed by atoms with van der Waals surface area (Å²) in [5.41, 5.74) is 3.51. The normalized spacial score (nSPS) is 27.9. The van der Waals surface area contributed by atoms with E-state index in [0.717, 1.165) is 21.2 Å². The first-order valence-electron chi connectivity index (χ1n) is 8.59. The van der Waals surface area contributed by atoms with Gasteiger partial charge in [0, 0.05) is 10.0 Å². The van der Waals surface area contributed by atoms with Crippen molar-refractivity contribution in [3.63, 3.8) is 0 Å². The van der Waals surface area contributed by atoms with Gasteiger partial charge in [-0.1, -0.05) is 46.1 Å². The molecule has 5 nitrogen and oxygen atoms in total. The SMILES string of the molecule is C#Cc1ccc(Cc2cc([C@@H]3O[C@H](CO)[C@@H](O)[C@H](O)[C@H]3O)ccc2Br)cc1. The van der Waals surface area contributed by atoms with E-state index >= 15 is 0 Å². The highest BCUT2D eigenvalue weighted by molar-refractivity contribution is 9.10. The molecule has 2 aromatic rings. The molecule has 0 bridgehead atoms. The number of hydrogen-bond acceptors (Lipinski definition) is 5. The molecule has 1 aliphatic rings. The highest BCUT2D eigenvalue weighted by Crippen LogP contribution is 2.34. The molecule has 3 rings (SSSR count). The molecule has 0 amide bonds. The Kier molecular flexibility index (Phi) is 6.33. The number of benzene rings is 2. The number of ether oxygens (including phenoxy) is 1. The fourth-order valence-electron chi connectivity index (χ4n) is 3.22. The summed E-state index contributed by atoms with van der Waals surface area (Å²) in [5.74, 6) is 2.59. The predicted octanol–water partition coefficient (Wildman–Crippen LogP) is 1.54. The van der Waals surface area contributed by atoms with E-state index in [1.165, 1.54) is 0 Å². The van der Waals surface area contributed by atoms with Crippen LogP contribution in [0.15, 0.2) is 46.9 Å². The summed E-state index contributed by atoms with van der Waals surface area (Å²) in [6, 6.07) is 13.2. The van der Waals surface area contributed by atoms with E-state index in [1.807, 2.05) is 36.4 Å². The zero-order chi connectivity index (χ0) is 19.6. The topological polar surface area (TPSA) is 90.2 Å². The molecule has 27 heavy (non-hydrogen) atoms. The van der Waals surface area contributed by atoms with Crippen molar-refractivity contribution < 1.29 is 25.2 Å². The lowest BCUT2D eigenvalue weighted by Gasteiger charge is -2.40. The number of rotatable bonds is 4. The monoisotopic (exact) mass is 432 g/mol. The molecule has 0 spiro atoms. The summed E-state index contributed by atoms with van der Waals surface area (Å²) in [6.45, 7) is -0.452. The Morgan fingerprint density at radius 2 is 1.70 bits per heavy atom. The molecule has 1 saturated heterocycles. The second kappa shape index (κ2) is 8.53. The number of aliphatic hydroxyl groups excluding tert-OH is 4. The Balaban J connectivity index is 1.86. The molecular weight excluding hydrogens is 412 g/mol. The summed E-state index contributed by atoms with van der Waals surface area (Å²) in [4.78, 5) is 0. The smallest absolute Gasteiger partial charge is 0.113 e. The Hall–Kier alpha value is -1.72. The lowest BCUT2D eigenvalue weighted by atomic mass is 9.90. The van der Waals surface area contributed by atoms with Gasteiger partial charge in [0.05, 0.1) is 6.61 Å². The van der Waals surface area contributed by atoms with E-state index in [9.17, 15) is 20.4 Å². The highest BCUT2D eigenvalue weighted by atomic mass is 79.9. The molecule has 0 radical (unpaired) electrons. The Bertz CT molecular complexity index is 827. The van der Waals surface area contributed by atoms with Crippen molar-refractivity contribution in [1.29, 1.82) is 0 Å². The van der Waals surface area contributed by atoms with Gasteiger partial charge in [-0.05, 0) is 41.3 Å². The van der Waals surface area contributed by atoms with Crippen molar-refractivity contribution in [1.82, 2.24) is 0 Å². The molecule has 1 aliphatic heterocycles. The van der Waals surface area contributed by atoms with E-state index in [1.54, 1.807) is 6.07 Å². The van der Waals surface area contributed by atoms with Crippen LogP contribution in [-0.2, 0) is 11.2 Å². The number of hydrogen-bond donors (Lipinski definition) is 4. The molecule has 1 fully saturated rings. The van der Waals surface area contributed by atoms with E-state index in [2.05, 4.69) is 21.9 Å². The third-order valence-electron chi connectivity index (χ3n) is 4.81. The second-order valence-electron chi connectivity index (χ2n) is 6.62. The van der Waals surface area contributed by atoms with Gasteiger partial charge in [-0.2, -0.15) is 0 Å². The highest BCUT2D eigenvalue weighted by Gasteiger charge is 2.43. The average Bonchev–Trinajstić information content (AvgIpc) is 2.69. The second-order valence-corrected chi connectivity index (χ2v) is 7.47. The lowest BCUT2D eigenvalue weighted by molar-refractivity contribution is -0.231. The van der Waals surface area contributed by atoms with Gasteiger partial charge in [0.15, 0.2) is 0 Å². The first-order chi connectivity index (χ1) is 12.9. The minimum absolute atomic E-state index is 0.452. The van der Waals surface area contributed by atoms with Crippen molar-refractivity contribution >= 4 is 15.9 Å². The molecule has 2 aromatic carbocycles. The Labute approximate surface area is 166 Å². The summed E-state index contributed by atoms with van der Waals surface area (Å²) in [5, 5.41) is 39.7. The average molecular weight is 433 g/mol. The third kappa shape index (κ3) is 4.25. The largest absolute Gasteiger partial charge is 0.394 e. The summed E-state index contributed by atoms with van der Waals surface area (Å²) in [7, 11) is 0. The van der Waals surface area contributed by atoms with E-state index in [0.29, 0.717) is 12.0 Å². The van der Waals surface area contributed by atoms with Crippen molar-refractivity contribution in [3.05, 3.63) is 69.2 Å². The van der Waals surface area contributed by atoms with Crippen LogP contribution >= 0.6 is 15.9 Å². The summed E-state index contributed by atoms with van der Waals surface area (Å²) >= 11 is 3.54. The zero-order valence-electron chi connectivity index (χ0n) is 14.5. The van der Waals surface area contributed by atoms with Crippen molar-refractivity contribution in [2.24, 2.45) is 0 Å². The fourth-order valence-corrected chi connectivity index (χ4v) is 3.61.